The summed E-state index contributed by atoms with van der Waals surface area (Å²) in [6.45, 7) is 26.8. The molecule has 0 fully saturated rings. The quantitative estimate of drug-likeness (QED) is 0.0232. The van der Waals surface area contributed by atoms with Crippen molar-refractivity contribution < 1.29 is 38.2 Å². The second-order valence-corrected chi connectivity index (χ2v) is 28.3. The van der Waals surface area contributed by atoms with Crippen molar-refractivity contribution in [1.29, 1.82) is 0 Å². The van der Waals surface area contributed by atoms with Gasteiger partial charge in [-0.2, -0.15) is 0 Å². The molecule has 0 saturated heterocycles. The number of carbonyl (C=O) groups excluding carboxylic acids is 5. The molecule has 0 radical (unpaired) electrons. The Kier molecular flexibility index (Phi) is 56.5. The van der Waals surface area contributed by atoms with Crippen LogP contribution in [0.5, 0.6) is 0 Å². The molecule has 0 aromatic carbocycles. The first-order valence-electron chi connectivity index (χ1n) is 37.5. The Morgan fingerprint density at radius 3 is 1.08 bits per heavy atom. The molecule has 0 heterocycles. The highest BCUT2D eigenvalue weighted by molar-refractivity contribution is 5.96. The maximum absolute atomic E-state index is 13.7. The van der Waals surface area contributed by atoms with Crippen molar-refractivity contribution in [3.63, 3.8) is 0 Å². The molecular formula is C75H146N4O8. The molecule has 0 aromatic heterocycles. The minimum absolute atomic E-state index is 0.0224. The molecule has 12 heteroatoms. The predicted octanol–water partition coefficient (Wildman–Crippen LogP) is 19.6. The third-order valence-electron chi connectivity index (χ3n) is 18.1. The van der Waals surface area contributed by atoms with Gasteiger partial charge in [-0.05, 0) is 138 Å². The van der Waals surface area contributed by atoms with Crippen LogP contribution in [0.4, 0.5) is 0 Å². The van der Waals surface area contributed by atoms with E-state index in [-0.39, 0.29) is 42.2 Å². The third kappa shape index (κ3) is 52.6. The van der Waals surface area contributed by atoms with Crippen LogP contribution in [0.2, 0.25) is 0 Å². The van der Waals surface area contributed by atoms with E-state index >= 15 is 0 Å². The zero-order chi connectivity index (χ0) is 64.4. The maximum atomic E-state index is 13.7. The lowest BCUT2D eigenvalue weighted by atomic mass is 9.86. The lowest BCUT2D eigenvalue weighted by Gasteiger charge is -2.27. The molecule has 0 spiro atoms. The minimum atomic E-state index is -0.545. The van der Waals surface area contributed by atoms with Gasteiger partial charge in [0.15, 0.2) is 0 Å². The average Bonchev–Trinajstić information content (AvgIpc) is 3.51. The summed E-state index contributed by atoms with van der Waals surface area (Å²) in [5, 5.41) is 9.25. The number of rotatable bonds is 66. The summed E-state index contributed by atoms with van der Waals surface area (Å²) in [5.41, 5.74) is -1.57. The molecule has 2 amide bonds. The molecule has 0 aliphatic carbocycles. The van der Waals surface area contributed by atoms with Gasteiger partial charge in [0.25, 0.3) is 0 Å². The molecule has 0 aliphatic heterocycles. The van der Waals surface area contributed by atoms with E-state index in [2.05, 4.69) is 62.4 Å². The van der Waals surface area contributed by atoms with Crippen LogP contribution in [0.15, 0.2) is 0 Å². The summed E-state index contributed by atoms with van der Waals surface area (Å²) in [7, 11) is 0. The zero-order valence-corrected chi connectivity index (χ0v) is 59.4. The highest BCUT2D eigenvalue weighted by Crippen LogP contribution is 2.30. The number of ether oxygens (including phenoxy) is 3. The molecule has 0 saturated carbocycles. The van der Waals surface area contributed by atoms with Gasteiger partial charge in [0.05, 0.1) is 29.5 Å². The summed E-state index contributed by atoms with van der Waals surface area (Å²) in [6, 6.07) is 0. The van der Waals surface area contributed by atoms with Gasteiger partial charge in [-0.1, -0.05) is 246 Å². The van der Waals surface area contributed by atoms with Crippen molar-refractivity contribution in [3.05, 3.63) is 0 Å². The summed E-state index contributed by atoms with van der Waals surface area (Å²) < 4.78 is 17.8. The van der Waals surface area contributed by atoms with E-state index in [0.717, 1.165) is 142 Å². The number of unbranched alkanes of at least 4 members (excludes halogenated alkanes) is 34. The van der Waals surface area contributed by atoms with Gasteiger partial charge < -0.3 is 35.1 Å². The van der Waals surface area contributed by atoms with Gasteiger partial charge in [0, 0.05) is 26.2 Å². The van der Waals surface area contributed by atoms with Crippen molar-refractivity contribution in [2.75, 3.05) is 59.0 Å². The van der Waals surface area contributed by atoms with Gasteiger partial charge in [-0.15, -0.1) is 0 Å². The summed E-state index contributed by atoms with van der Waals surface area (Å²) in [6.07, 6.45) is 53.2. The van der Waals surface area contributed by atoms with Gasteiger partial charge in [0.1, 0.15) is 12.5 Å². The predicted molar refractivity (Wildman–Crippen MR) is 368 cm³/mol. The molecule has 0 rings (SSSR count). The lowest BCUT2D eigenvalue weighted by molar-refractivity contribution is -0.161. The van der Waals surface area contributed by atoms with Crippen molar-refractivity contribution in [3.8, 4) is 0 Å². The number of hydrogen-bond donors (Lipinski definition) is 3. The fraction of sp³-hybridized carbons (Fsp3) is 0.933. The molecular weight excluding hydrogens is 1080 g/mol. The van der Waals surface area contributed by atoms with Crippen LogP contribution >= 0.6 is 0 Å². The Balaban J connectivity index is 5.02. The van der Waals surface area contributed by atoms with E-state index in [1.165, 1.54) is 173 Å². The first kappa shape index (κ1) is 84.3. The van der Waals surface area contributed by atoms with Crippen molar-refractivity contribution >= 4 is 29.7 Å². The normalized spacial score (nSPS) is 12.1. The summed E-state index contributed by atoms with van der Waals surface area (Å²) in [5.74, 6) is -0.822. The van der Waals surface area contributed by atoms with Crippen molar-refractivity contribution in [2.24, 2.45) is 16.2 Å². The summed E-state index contributed by atoms with van der Waals surface area (Å²) in [4.78, 5) is 67.7. The average molecular weight is 1230 g/mol. The van der Waals surface area contributed by atoms with E-state index in [9.17, 15) is 24.0 Å². The Hall–Kier alpha value is -2.73. The van der Waals surface area contributed by atoms with Crippen molar-refractivity contribution in [1.82, 2.24) is 20.9 Å². The highest BCUT2D eigenvalue weighted by Gasteiger charge is 2.32. The molecule has 12 nitrogen and oxygen atoms in total. The smallest absolute Gasteiger partial charge is 0.311 e. The van der Waals surface area contributed by atoms with E-state index in [4.69, 9.17) is 14.2 Å². The lowest BCUT2D eigenvalue weighted by Crippen LogP contribution is -2.39. The second kappa shape index (κ2) is 58.4. The number of esters is 3. The SMILES string of the molecule is CCCCCCCCCCCCCCOC(=O)C(C)(C)CCCCN(CCCCCCC(C)(C)C(=O)OC(CCCCCCCC)CCCCCCCC)CCNC(=O)CC(=O)NCCNCCCCC(C)(C)C(=O)OCCCCCCCCCCC. The number of carbonyl (C=O) groups is 5. The molecule has 0 unspecified atom stereocenters. The highest BCUT2D eigenvalue weighted by atomic mass is 16.5. The molecule has 514 valence electrons. The second-order valence-electron chi connectivity index (χ2n) is 28.3. The van der Waals surface area contributed by atoms with Gasteiger partial charge in [0.2, 0.25) is 11.8 Å². The molecule has 87 heavy (non-hydrogen) atoms. The van der Waals surface area contributed by atoms with Crippen LogP contribution < -0.4 is 16.0 Å². The van der Waals surface area contributed by atoms with E-state index in [0.29, 0.717) is 39.4 Å². The maximum Gasteiger partial charge on any atom is 0.311 e. The number of amides is 2. The Bertz CT molecular complexity index is 1600. The van der Waals surface area contributed by atoms with Crippen LogP contribution in [0.3, 0.4) is 0 Å². The van der Waals surface area contributed by atoms with Gasteiger partial charge >= 0.3 is 17.9 Å². The number of nitrogens with zero attached hydrogens (tertiary/aromatic N) is 1. The fourth-order valence-corrected chi connectivity index (χ4v) is 11.6. The van der Waals surface area contributed by atoms with Crippen LogP contribution in [-0.4, -0.2) is 99.8 Å². The standard InChI is InChI=1S/C75H146N4O8/c1-11-15-19-23-27-29-30-31-33-35-41-51-65-86-71(83)74(7,8)56-46-49-62-79(61-48-39-38-44-54-75(9,10)72(84)87-67(52-42-36-25-21-17-13-3)53-43-37-26-22-18-14-4)63-60-78-69(81)66-68(80)77-59-58-76-57-47-45-55-73(5,6)70(82)85-64-50-40-34-32-28-24-20-16-12-2/h67,76H,11-66H2,1-10H3,(H,77,80)(H,78,81). The zero-order valence-electron chi connectivity index (χ0n) is 59.4. The Labute approximate surface area is 538 Å². The van der Waals surface area contributed by atoms with Gasteiger partial charge in [-0.3, -0.25) is 24.0 Å². The molecule has 0 bridgehead atoms. The first-order chi connectivity index (χ1) is 41.9. The molecule has 3 N–H and O–H groups in total. The summed E-state index contributed by atoms with van der Waals surface area (Å²) >= 11 is 0. The van der Waals surface area contributed by atoms with Crippen LogP contribution in [-0.2, 0) is 38.2 Å². The largest absolute Gasteiger partial charge is 0.465 e. The molecule has 0 aliphatic rings. The molecule has 0 atom stereocenters. The first-order valence-corrected chi connectivity index (χ1v) is 37.5. The fourth-order valence-electron chi connectivity index (χ4n) is 11.6. The number of hydrogen-bond acceptors (Lipinski definition) is 10. The minimum Gasteiger partial charge on any atom is -0.465 e. The van der Waals surface area contributed by atoms with E-state index in [1.807, 2.05) is 27.7 Å². The van der Waals surface area contributed by atoms with Crippen LogP contribution in [0.1, 0.15) is 371 Å². The molecule has 0 aromatic rings. The van der Waals surface area contributed by atoms with E-state index < -0.39 is 16.2 Å². The monoisotopic (exact) mass is 1230 g/mol. The van der Waals surface area contributed by atoms with Crippen LogP contribution in [0, 0.1) is 16.2 Å². The Morgan fingerprint density at radius 1 is 0.333 bits per heavy atom. The topological polar surface area (TPSA) is 152 Å². The Morgan fingerprint density at radius 2 is 0.655 bits per heavy atom. The van der Waals surface area contributed by atoms with Gasteiger partial charge in [-0.25, -0.2) is 0 Å². The van der Waals surface area contributed by atoms with Crippen molar-refractivity contribution in [2.45, 2.75) is 377 Å². The van der Waals surface area contributed by atoms with E-state index in [1.54, 1.807) is 0 Å². The number of nitrogens with one attached hydrogen (secondary N) is 3. The van der Waals surface area contributed by atoms with Crippen LogP contribution in [0.25, 0.3) is 0 Å². The third-order valence-corrected chi connectivity index (χ3v) is 18.1.